The van der Waals surface area contributed by atoms with Crippen molar-refractivity contribution in [1.82, 2.24) is 0 Å². The van der Waals surface area contributed by atoms with E-state index in [4.69, 9.17) is 4.74 Å². The molecule has 2 unspecified atom stereocenters. The number of hydrogen-bond acceptors (Lipinski definition) is 3. The molecular formula is C16H20O4. The SMILES string of the molecule is CC1(C(=O)Oc2ccccc2)CCC(C(=O)O)C1(C)C. The van der Waals surface area contributed by atoms with Crippen molar-refractivity contribution in [2.75, 3.05) is 0 Å². The first kappa shape index (κ1) is 14.6. The van der Waals surface area contributed by atoms with Gasteiger partial charge in [0.25, 0.3) is 0 Å². The van der Waals surface area contributed by atoms with Crippen LogP contribution in [0.2, 0.25) is 0 Å². The average molecular weight is 276 g/mol. The van der Waals surface area contributed by atoms with E-state index >= 15 is 0 Å². The van der Waals surface area contributed by atoms with Crippen LogP contribution in [0.25, 0.3) is 0 Å². The van der Waals surface area contributed by atoms with E-state index < -0.39 is 22.7 Å². The Morgan fingerprint density at radius 2 is 1.80 bits per heavy atom. The highest BCUT2D eigenvalue weighted by atomic mass is 16.5. The Hall–Kier alpha value is -1.84. The van der Waals surface area contributed by atoms with Gasteiger partial charge in [0.1, 0.15) is 5.75 Å². The number of para-hydroxylation sites is 1. The van der Waals surface area contributed by atoms with Gasteiger partial charge >= 0.3 is 11.9 Å². The summed E-state index contributed by atoms with van der Waals surface area (Å²) >= 11 is 0. The highest BCUT2D eigenvalue weighted by Gasteiger charge is 2.59. The summed E-state index contributed by atoms with van der Waals surface area (Å²) in [5.74, 6) is -1.21. The molecule has 0 radical (unpaired) electrons. The van der Waals surface area contributed by atoms with E-state index in [2.05, 4.69) is 0 Å². The Morgan fingerprint density at radius 3 is 2.30 bits per heavy atom. The van der Waals surface area contributed by atoms with Gasteiger partial charge in [-0.2, -0.15) is 0 Å². The lowest BCUT2D eigenvalue weighted by Gasteiger charge is -2.38. The Kier molecular flexibility index (Phi) is 3.59. The molecule has 0 heterocycles. The fraction of sp³-hybridized carbons (Fsp3) is 0.500. The van der Waals surface area contributed by atoms with Gasteiger partial charge in [-0.05, 0) is 37.3 Å². The topological polar surface area (TPSA) is 63.6 Å². The average Bonchev–Trinajstić information content (AvgIpc) is 2.63. The lowest BCUT2D eigenvalue weighted by atomic mass is 9.65. The van der Waals surface area contributed by atoms with Crippen LogP contribution >= 0.6 is 0 Å². The van der Waals surface area contributed by atoms with Gasteiger partial charge in [0.2, 0.25) is 0 Å². The lowest BCUT2D eigenvalue weighted by Crippen LogP contribution is -2.44. The molecule has 1 fully saturated rings. The van der Waals surface area contributed by atoms with E-state index in [-0.39, 0.29) is 5.97 Å². The van der Waals surface area contributed by atoms with Crippen molar-refractivity contribution >= 4 is 11.9 Å². The lowest BCUT2D eigenvalue weighted by molar-refractivity contribution is -0.155. The van der Waals surface area contributed by atoms with E-state index in [1.807, 2.05) is 19.9 Å². The van der Waals surface area contributed by atoms with Gasteiger partial charge in [0.15, 0.2) is 0 Å². The van der Waals surface area contributed by atoms with Gasteiger partial charge in [-0.3, -0.25) is 9.59 Å². The molecule has 108 valence electrons. The maximum absolute atomic E-state index is 12.5. The zero-order valence-corrected chi connectivity index (χ0v) is 12.1. The third-order valence-electron chi connectivity index (χ3n) is 4.93. The minimum Gasteiger partial charge on any atom is -0.481 e. The first-order chi connectivity index (χ1) is 9.29. The van der Waals surface area contributed by atoms with Gasteiger partial charge in [-0.1, -0.05) is 32.0 Å². The molecule has 4 nitrogen and oxygen atoms in total. The van der Waals surface area contributed by atoms with Crippen LogP contribution in [0.15, 0.2) is 30.3 Å². The molecule has 0 aromatic heterocycles. The summed E-state index contributed by atoms with van der Waals surface area (Å²) in [5, 5.41) is 9.30. The summed E-state index contributed by atoms with van der Waals surface area (Å²) < 4.78 is 5.43. The number of carbonyl (C=O) groups is 2. The molecule has 2 atom stereocenters. The molecule has 4 heteroatoms. The molecule has 0 amide bonds. The summed E-state index contributed by atoms with van der Waals surface area (Å²) in [4.78, 5) is 23.8. The minimum atomic E-state index is -0.841. The summed E-state index contributed by atoms with van der Waals surface area (Å²) in [6.45, 7) is 5.48. The molecule has 1 aliphatic carbocycles. The molecule has 1 aliphatic rings. The number of carbonyl (C=O) groups excluding carboxylic acids is 1. The highest BCUT2D eigenvalue weighted by molar-refractivity contribution is 5.83. The molecule has 1 aromatic carbocycles. The van der Waals surface area contributed by atoms with Crippen molar-refractivity contribution < 1.29 is 19.4 Å². The molecule has 1 aromatic rings. The van der Waals surface area contributed by atoms with Gasteiger partial charge < -0.3 is 9.84 Å². The molecule has 0 aliphatic heterocycles. The smallest absolute Gasteiger partial charge is 0.317 e. The number of ether oxygens (including phenoxy) is 1. The minimum absolute atomic E-state index is 0.350. The highest BCUT2D eigenvalue weighted by Crippen LogP contribution is 2.56. The second kappa shape index (κ2) is 4.93. The number of benzene rings is 1. The monoisotopic (exact) mass is 276 g/mol. The Balaban J connectivity index is 2.23. The summed E-state index contributed by atoms with van der Waals surface area (Å²) in [6, 6.07) is 8.88. The Morgan fingerprint density at radius 1 is 1.20 bits per heavy atom. The number of carboxylic acids is 1. The van der Waals surface area contributed by atoms with Gasteiger partial charge in [0, 0.05) is 0 Å². The predicted octanol–water partition coefficient (Wildman–Crippen LogP) is 3.12. The molecule has 1 N–H and O–H groups in total. The molecule has 20 heavy (non-hydrogen) atoms. The number of carboxylic acid groups (broad SMARTS) is 1. The van der Waals surface area contributed by atoms with Crippen LogP contribution in [0, 0.1) is 16.7 Å². The van der Waals surface area contributed by atoms with Crippen LogP contribution in [-0.2, 0) is 9.59 Å². The molecule has 0 bridgehead atoms. The number of esters is 1. The van der Waals surface area contributed by atoms with E-state index in [0.717, 1.165) is 0 Å². The van der Waals surface area contributed by atoms with Crippen molar-refractivity contribution in [3.05, 3.63) is 30.3 Å². The second-order valence-corrected chi connectivity index (χ2v) is 6.19. The predicted molar refractivity (Wildman–Crippen MR) is 74.3 cm³/mol. The normalized spacial score (nSPS) is 28.1. The maximum atomic E-state index is 12.5. The number of rotatable bonds is 3. The van der Waals surface area contributed by atoms with Crippen LogP contribution in [0.5, 0.6) is 5.75 Å². The third kappa shape index (κ3) is 2.19. The third-order valence-corrected chi connectivity index (χ3v) is 4.93. The summed E-state index contributed by atoms with van der Waals surface area (Å²) in [7, 11) is 0. The zero-order valence-electron chi connectivity index (χ0n) is 12.1. The molecular weight excluding hydrogens is 256 g/mol. The van der Waals surface area contributed by atoms with Crippen molar-refractivity contribution in [3.63, 3.8) is 0 Å². The van der Waals surface area contributed by atoms with E-state index in [0.29, 0.717) is 18.6 Å². The summed E-state index contributed by atoms with van der Waals surface area (Å²) in [6.07, 6.45) is 1.03. The van der Waals surface area contributed by atoms with E-state index in [1.165, 1.54) is 0 Å². The number of hydrogen-bond donors (Lipinski definition) is 1. The maximum Gasteiger partial charge on any atom is 0.317 e. The Labute approximate surface area is 118 Å². The summed E-state index contributed by atoms with van der Waals surface area (Å²) in [5.41, 5.74) is -1.42. The van der Waals surface area contributed by atoms with Crippen LogP contribution < -0.4 is 4.74 Å². The first-order valence-corrected chi connectivity index (χ1v) is 6.79. The zero-order chi connectivity index (χ0) is 15.0. The first-order valence-electron chi connectivity index (χ1n) is 6.79. The van der Waals surface area contributed by atoms with E-state index in [1.54, 1.807) is 31.2 Å². The van der Waals surface area contributed by atoms with Gasteiger partial charge in [-0.15, -0.1) is 0 Å². The second-order valence-electron chi connectivity index (χ2n) is 6.19. The van der Waals surface area contributed by atoms with Crippen LogP contribution in [0.3, 0.4) is 0 Å². The quantitative estimate of drug-likeness (QED) is 0.680. The van der Waals surface area contributed by atoms with Crippen molar-refractivity contribution in [3.8, 4) is 5.75 Å². The molecule has 0 spiro atoms. The van der Waals surface area contributed by atoms with Crippen molar-refractivity contribution in [2.24, 2.45) is 16.7 Å². The van der Waals surface area contributed by atoms with Gasteiger partial charge in [-0.25, -0.2) is 0 Å². The van der Waals surface area contributed by atoms with Crippen LogP contribution in [0.4, 0.5) is 0 Å². The Bertz CT molecular complexity index is 521. The molecule has 0 saturated heterocycles. The van der Waals surface area contributed by atoms with Gasteiger partial charge in [0.05, 0.1) is 11.3 Å². The molecule has 1 saturated carbocycles. The van der Waals surface area contributed by atoms with Crippen molar-refractivity contribution in [1.29, 1.82) is 0 Å². The largest absolute Gasteiger partial charge is 0.481 e. The fourth-order valence-electron chi connectivity index (χ4n) is 3.01. The number of aliphatic carboxylic acids is 1. The molecule has 2 rings (SSSR count). The van der Waals surface area contributed by atoms with E-state index in [9.17, 15) is 14.7 Å². The van der Waals surface area contributed by atoms with Crippen LogP contribution in [-0.4, -0.2) is 17.0 Å². The standard InChI is InChI=1S/C16H20O4/c1-15(2)12(13(17)18)9-10-16(15,3)14(19)20-11-7-5-4-6-8-11/h4-8,12H,9-10H2,1-3H3,(H,17,18). The fourth-order valence-corrected chi connectivity index (χ4v) is 3.01. The van der Waals surface area contributed by atoms with Crippen molar-refractivity contribution in [2.45, 2.75) is 33.6 Å². The van der Waals surface area contributed by atoms with Crippen LogP contribution in [0.1, 0.15) is 33.6 Å².